The van der Waals surface area contributed by atoms with Crippen molar-refractivity contribution in [1.82, 2.24) is 9.78 Å². The zero-order valence-electron chi connectivity index (χ0n) is 10.8. The van der Waals surface area contributed by atoms with Gasteiger partial charge in [0.2, 0.25) is 0 Å². The number of halogens is 2. The predicted octanol–water partition coefficient (Wildman–Crippen LogP) is 4.16. The molecule has 0 saturated heterocycles. The maximum atomic E-state index is 6.31. The molecule has 0 fully saturated rings. The Balaban J connectivity index is 2.19. The Hall–Kier alpha value is -0.840. The highest BCUT2D eigenvalue weighted by Gasteiger charge is 2.13. The van der Waals surface area contributed by atoms with Crippen LogP contribution in [0, 0.1) is 0 Å². The van der Waals surface area contributed by atoms with Crippen LogP contribution in [0.15, 0.2) is 23.1 Å². The molecule has 2 aromatic rings. The zero-order chi connectivity index (χ0) is 14.0. The van der Waals surface area contributed by atoms with Gasteiger partial charge in [0.25, 0.3) is 0 Å². The van der Waals surface area contributed by atoms with E-state index in [4.69, 9.17) is 28.9 Å². The van der Waals surface area contributed by atoms with Crippen molar-refractivity contribution in [3.05, 3.63) is 39.6 Å². The molecule has 2 N–H and O–H groups in total. The summed E-state index contributed by atoms with van der Waals surface area (Å²) in [4.78, 5) is 0.961. The largest absolute Gasteiger partial charge is 0.398 e. The highest BCUT2D eigenvalue weighted by molar-refractivity contribution is 7.98. The summed E-state index contributed by atoms with van der Waals surface area (Å²) in [5.74, 6) is 0.715. The third kappa shape index (κ3) is 3.19. The molecule has 0 aliphatic carbocycles. The van der Waals surface area contributed by atoms with Gasteiger partial charge in [0.15, 0.2) is 0 Å². The van der Waals surface area contributed by atoms with E-state index in [2.05, 4.69) is 5.10 Å². The van der Waals surface area contributed by atoms with Gasteiger partial charge in [-0.15, -0.1) is 11.8 Å². The minimum absolute atomic E-state index is 0.682. The smallest absolute Gasteiger partial charge is 0.0858 e. The lowest BCUT2D eigenvalue weighted by Gasteiger charge is -2.06. The summed E-state index contributed by atoms with van der Waals surface area (Å²) in [5, 5.41) is 5.83. The molecule has 6 heteroatoms. The minimum atomic E-state index is 0.682. The van der Waals surface area contributed by atoms with Crippen LogP contribution in [-0.4, -0.2) is 9.78 Å². The summed E-state index contributed by atoms with van der Waals surface area (Å²) in [6.45, 7) is 2.04. The number of nitrogen functional groups attached to an aromatic ring is 1. The first-order valence-electron chi connectivity index (χ1n) is 5.91. The number of aryl methyl sites for hydroxylation is 2. The summed E-state index contributed by atoms with van der Waals surface area (Å²) < 4.78 is 1.83. The Morgan fingerprint density at radius 1 is 1.37 bits per heavy atom. The molecule has 0 atom stereocenters. The second kappa shape index (κ2) is 6.07. The van der Waals surface area contributed by atoms with Crippen LogP contribution in [-0.2, 0) is 19.2 Å². The van der Waals surface area contributed by atoms with Crippen LogP contribution < -0.4 is 5.73 Å². The third-order valence-corrected chi connectivity index (χ3v) is 4.60. The molecule has 0 radical (unpaired) electrons. The molecule has 102 valence electrons. The quantitative estimate of drug-likeness (QED) is 0.680. The number of anilines is 1. The first-order chi connectivity index (χ1) is 9.02. The Morgan fingerprint density at radius 2 is 2.11 bits per heavy atom. The summed E-state index contributed by atoms with van der Waals surface area (Å²) in [5.41, 5.74) is 8.58. The fraction of sp³-hybridized carbons (Fsp3) is 0.308. The second-order valence-electron chi connectivity index (χ2n) is 4.16. The Bertz CT molecular complexity index is 596. The lowest BCUT2D eigenvalue weighted by molar-refractivity contribution is 0.720. The first kappa shape index (κ1) is 14.6. The van der Waals surface area contributed by atoms with E-state index in [1.165, 1.54) is 0 Å². The van der Waals surface area contributed by atoms with Crippen molar-refractivity contribution in [2.24, 2.45) is 7.05 Å². The van der Waals surface area contributed by atoms with Crippen LogP contribution in [0.2, 0.25) is 10.0 Å². The number of nitrogens with zero attached hydrogens (tertiary/aromatic N) is 2. The number of benzene rings is 1. The van der Waals surface area contributed by atoms with Crippen molar-refractivity contribution in [3.8, 4) is 0 Å². The van der Waals surface area contributed by atoms with Crippen molar-refractivity contribution in [2.75, 3.05) is 5.73 Å². The SMILES string of the molecule is CCc1nn(C)c(CSc2cc(Cl)ccc2N)c1Cl. The molecule has 0 aliphatic heterocycles. The van der Waals surface area contributed by atoms with Gasteiger partial charge in [0.1, 0.15) is 0 Å². The molecule has 0 spiro atoms. The van der Waals surface area contributed by atoms with Crippen LogP contribution in [0.25, 0.3) is 0 Å². The van der Waals surface area contributed by atoms with Crippen molar-refractivity contribution < 1.29 is 0 Å². The topological polar surface area (TPSA) is 43.8 Å². The Morgan fingerprint density at radius 3 is 2.74 bits per heavy atom. The van der Waals surface area contributed by atoms with E-state index < -0.39 is 0 Å². The van der Waals surface area contributed by atoms with E-state index in [9.17, 15) is 0 Å². The second-order valence-corrected chi connectivity index (χ2v) is 5.99. The number of nitrogens with two attached hydrogens (primary N) is 1. The van der Waals surface area contributed by atoms with Crippen molar-refractivity contribution in [1.29, 1.82) is 0 Å². The average Bonchev–Trinajstić information content (AvgIpc) is 2.66. The average molecular weight is 316 g/mol. The molecule has 1 heterocycles. The van der Waals surface area contributed by atoms with Crippen molar-refractivity contribution in [2.45, 2.75) is 24.0 Å². The van der Waals surface area contributed by atoms with Gasteiger partial charge in [-0.25, -0.2) is 0 Å². The van der Waals surface area contributed by atoms with Gasteiger partial charge in [0, 0.05) is 28.4 Å². The maximum absolute atomic E-state index is 6.31. The summed E-state index contributed by atoms with van der Waals surface area (Å²) in [7, 11) is 1.91. The van der Waals surface area contributed by atoms with Gasteiger partial charge < -0.3 is 5.73 Å². The third-order valence-electron chi connectivity index (χ3n) is 2.84. The Kier molecular flexibility index (Phi) is 4.66. The van der Waals surface area contributed by atoms with Gasteiger partial charge in [-0.3, -0.25) is 4.68 Å². The van der Waals surface area contributed by atoms with Gasteiger partial charge in [-0.1, -0.05) is 30.1 Å². The van der Waals surface area contributed by atoms with Crippen molar-refractivity contribution in [3.63, 3.8) is 0 Å². The van der Waals surface area contributed by atoms with E-state index in [0.29, 0.717) is 10.8 Å². The molecule has 2 rings (SSSR count). The fourth-order valence-electron chi connectivity index (χ4n) is 1.76. The summed E-state index contributed by atoms with van der Waals surface area (Å²) in [6.07, 6.45) is 0.830. The number of aromatic nitrogens is 2. The number of hydrogen-bond acceptors (Lipinski definition) is 3. The molecule has 0 bridgehead atoms. The van der Waals surface area contributed by atoms with Crippen LogP contribution in [0.4, 0.5) is 5.69 Å². The molecule has 1 aromatic heterocycles. The van der Waals surface area contributed by atoms with Gasteiger partial charge in [-0.2, -0.15) is 5.10 Å². The standard InChI is InChI=1S/C13H15Cl2N3S/c1-3-10-13(15)11(18(2)17-10)7-19-12-6-8(14)4-5-9(12)16/h4-6H,3,7,16H2,1-2H3. The molecular formula is C13H15Cl2N3S. The molecule has 1 aromatic carbocycles. The van der Waals surface area contributed by atoms with E-state index in [1.54, 1.807) is 17.8 Å². The zero-order valence-corrected chi connectivity index (χ0v) is 13.1. The molecule has 0 saturated carbocycles. The van der Waals surface area contributed by atoms with Crippen molar-refractivity contribution >= 4 is 40.7 Å². The highest BCUT2D eigenvalue weighted by atomic mass is 35.5. The monoisotopic (exact) mass is 315 g/mol. The highest BCUT2D eigenvalue weighted by Crippen LogP contribution is 2.33. The van der Waals surface area contributed by atoms with Crippen LogP contribution in [0.1, 0.15) is 18.3 Å². The summed E-state index contributed by atoms with van der Waals surface area (Å²) >= 11 is 13.9. The molecule has 0 aliphatic rings. The number of hydrogen-bond donors (Lipinski definition) is 1. The van der Waals surface area contributed by atoms with E-state index in [0.717, 1.165) is 33.4 Å². The van der Waals surface area contributed by atoms with Gasteiger partial charge >= 0.3 is 0 Å². The fourth-order valence-corrected chi connectivity index (χ4v) is 3.50. The Labute approximate surface area is 127 Å². The van der Waals surface area contributed by atoms with Gasteiger partial charge in [-0.05, 0) is 24.6 Å². The molecule has 0 amide bonds. The van der Waals surface area contributed by atoms with E-state index in [1.807, 2.05) is 30.8 Å². The normalized spacial score (nSPS) is 10.9. The van der Waals surface area contributed by atoms with Crippen LogP contribution in [0.5, 0.6) is 0 Å². The molecule has 3 nitrogen and oxygen atoms in total. The maximum Gasteiger partial charge on any atom is 0.0858 e. The lowest BCUT2D eigenvalue weighted by Crippen LogP contribution is -1.97. The lowest BCUT2D eigenvalue weighted by atomic mass is 10.3. The van der Waals surface area contributed by atoms with E-state index >= 15 is 0 Å². The van der Waals surface area contributed by atoms with Gasteiger partial charge in [0.05, 0.1) is 16.4 Å². The summed E-state index contributed by atoms with van der Waals surface area (Å²) in [6, 6.07) is 5.47. The minimum Gasteiger partial charge on any atom is -0.398 e. The first-order valence-corrected chi connectivity index (χ1v) is 7.65. The van der Waals surface area contributed by atoms with Crippen LogP contribution >= 0.6 is 35.0 Å². The molecular weight excluding hydrogens is 301 g/mol. The predicted molar refractivity (Wildman–Crippen MR) is 83.0 cm³/mol. The molecule has 19 heavy (non-hydrogen) atoms. The van der Waals surface area contributed by atoms with E-state index in [-0.39, 0.29) is 0 Å². The number of rotatable bonds is 4. The van der Waals surface area contributed by atoms with Crippen LogP contribution in [0.3, 0.4) is 0 Å². The number of thioether (sulfide) groups is 1. The molecule has 0 unspecified atom stereocenters.